The number of aromatic nitrogens is 4. The molecule has 1 aliphatic rings. The first-order valence-electron chi connectivity index (χ1n) is 12.7. The number of anilines is 1. The van der Waals surface area contributed by atoms with Gasteiger partial charge in [-0.1, -0.05) is 12.8 Å². The number of tetrazole rings is 1. The van der Waals surface area contributed by atoms with Crippen molar-refractivity contribution in [1.29, 1.82) is 0 Å². The van der Waals surface area contributed by atoms with Crippen molar-refractivity contribution in [3.8, 4) is 17.3 Å². The summed E-state index contributed by atoms with van der Waals surface area (Å²) in [6, 6.07) is 13.0. The summed E-state index contributed by atoms with van der Waals surface area (Å²) in [6.45, 7) is 3.97. The van der Waals surface area contributed by atoms with E-state index in [1.807, 2.05) is 13.8 Å². The van der Waals surface area contributed by atoms with Crippen molar-refractivity contribution in [3.63, 3.8) is 0 Å². The highest BCUT2D eigenvalue weighted by Gasteiger charge is 2.36. The van der Waals surface area contributed by atoms with Crippen LogP contribution in [0, 0.1) is 6.92 Å². The largest absolute Gasteiger partial charge is 0.494 e. The van der Waals surface area contributed by atoms with Gasteiger partial charge in [-0.05, 0) is 80.4 Å². The summed E-state index contributed by atoms with van der Waals surface area (Å²) < 4.78 is 16.8. The fraction of sp³-hybridized carbons (Fsp3) is 0.370. The lowest BCUT2D eigenvalue weighted by Gasteiger charge is -2.30. The number of aryl methyl sites for hydroxylation is 1. The summed E-state index contributed by atoms with van der Waals surface area (Å²) in [5, 5.41) is 15.5. The van der Waals surface area contributed by atoms with Gasteiger partial charge < -0.3 is 18.9 Å². The average molecular weight is 519 g/mol. The van der Waals surface area contributed by atoms with Crippen molar-refractivity contribution >= 4 is 17.5 Å². The zero-order valence-corrected chi connectivity index (χ0v) is 21.4. The van der Waals surface area contributed by atoms with Crippen LogP contribution < -0.4 is 15.0 Å². The van der Waals surface area contributed by atoms with Gasteiger partial charge >= 0.3 is 0 Å². The van der Waals surface area contributed by atoms with Crippen LogP contribution in [0.4, 0.5) is 5.69 Å². The van der Waals surface area contributed by atoms with Gasteiger partial charge in [0.1, 0.15) is 23.8 Å². The summed E-state index contributed by atoms with van der Waals surface area (Å²) in [6.07, 6.45) is 5.43. The molecule has 3 heterocycles. The molecule has 0 spiro atoms. The molecule has 38 heavy (non-hydrogen) atoms. The van der Waals surface area contributed by atoms with Gasteiger partial charge in [0, 0.05) is 11.7 Å². The van der Waals surface area contributed by atoms with E-state index in [1.54, 1.807) is 48.5 Å². The Labute approximate surface area is 219 Å². The fourth-order valence-corrected chi connectivity index (χ4v) is 4.64. The molecule has 5 rings (SSSR count). The Balaban J connectivity index is 1.47. The smallest absolute Gasteiger partial charge is 0.251 e. The van der Waals surface area contributed by atoms with Gasteiger partial charge in [0.05, 0.1) is 12.9 Å². The molecule has 0 aliphatic heterocycles. The Morgan fingerprint density at radius 1 is 1.16 bits per heavy atom. The van der Waals surface area contributed by atoms with Gasteiger partial charge in [0.15, 0.2) is 11.8 Å². The van der Waals surface area contributed by atoms with E-state index >= 15 is 0 Å². The predicted molar refractivity (Wildman–Crippen MR) is 137 cm³/mol. The Bertz CT molecular complexity index is 1350. The van der Waals surface area contributed by atoms with Gasteiger partial charge in [-0.25, -0.2) is 0 Å². The SMILES string of the molecule is CCOc1ccc(N(C(=O)Cn2nnc(-c3ccc(C)o3)n2)[C@@H](C(=O)NC2CCCC2)c2ccco2)cc1. The summed E-state index contributed by atoms with van der Waals surface area (Å²) in [5.74, 6) is 1.70. The van der Waals surface area contributed by atoms with Crippen molar-refractivity contribution < 1.29 is 23.2 Å². The molecule has 0 unspecified atom stereocenters. The van der Waals surface area contributed by atoms with Crippen LogP contribution in [0.15, 0.2) is 63.6 Å². The molecule has 1 atom stereocenters. The Morgan fingerprint density at radius 3 is 2.61 bits per heavy atom. The van der Waals surface area contributed by atoms with Crippen LogP contribution in [0.3, 0.4) is 0 Å². The molecule has 0 saturated heterocycles. The second-order valence-electron chi connectivity index (χ2n) is 9.15. The maximum Gasteiger partial charge on any atom is 0.251 e. The molecule has 11 nitrogen and oxygen atoms in total. The van der Waals surface area contributed by atoms with E-state index < -0.39 is 11.9 Å². The maximum atomic E-state index is 13.9. The number of carbonyl (C=O) groups excluding carboxylic acids is 2. The summed E-state index contributed by atoms with van der Waals surface area (Å²) in [5.41, 5.74) is 0.503. The Morgan fingerprint density at radius 2 is 1.95 bits per heavy atom. The lowest BCUT2D eigenvalue weighted by atomic mass is 10.1. The summed E-state index contributed by atoms with van der Waals surface area (Å²) in [7, 11) is 0. The number of furan rings is 2. The molecule has 4 aromatic rings. The van der Waals surface area contributed by atoms with E-state index in [0.717, 1.165) is 25.7 Å². The van der Waals surface area contributed by atoms with Crippen LogP contribution in [0.5, 0.6) is 5.75 Å². The maximum absolute atomic E-state index is 13.9. The monoisotopic (exact) mass is 518 g/mol. The van der Waals surface area contributed by atoms with Crippen molar-refractivity contribution in [2.24, 2.45) is 0 Å². The minimum atomic E-state index is -1.04. The number of hydrogen-bond acceptors (Lipinski definition) is 8. The van der Waals surface area contributed by atoms with E-state index in [9.17, 15) is 9.59 Å². The quantitative estimate of drug-likeness (QED) is 0.333. The van der Waals surface area contributed by atoms with Crippen molar-refractivity contribution in [3.05, 3.63) is 66.3 Å². The fourth-order valence-electron chi connectivity index (χ4n) is 4.64. The third-order valence-electron chi connectivity index (χ3n) is 6.41. The number of benzene rings is 1. The third kappa shape index (κ3) is 5.61. The van der Waals surface area contributed by atoms with E-state index in [1.165, 1.54) is 16.0 Å². The highest BCUT2D eigenvalue weighted by atomic mass is 16.5. The van der Waals surface area contributed by atoms with Gasteiger partial charge in [-0.15, -0.1) is 10.2 Å². The molecule has 2 amide bonds. The average Bonchev–Trinajstić information content (AvgIpc) is 3.71. The highest BCUT2D eigenvalue weighted by molar-refractivity contribution is 6.01. The van der Waals surface area contributed by atoms with Crippen LogP contribution in [-0.4, -0.2) is 44.7 Å². The highest BCUT2D eigenvalue weighted by Crippen LogP contribution is 2.31. The standard InChI is InChI=1S/C27H30N6O5/c1-3-36-21-13-11-20(12-14-21)33(24(34)17-32-30-26(29-31-32)23-15-10-18(2)38-23)25(22-9-6-16-37-22)27(35)28-19-7-4-5-8-19/h6,9-16,19,25H,3-5,7-8,17H2,1-2H3,(H,28,35)/t25-/m1/s1. The number of ether oxygens (including phenoxy) is 1. The van der Waals surface area contributed by atoms with Gasteiger partial charge in [-0.2, -0.15) is 4.80 Å². The molecule has 3 aromatic heterocycles. The Hall–Kier alpha value is -4.41. The van der Waals surface area contributed by atoms with Crippen molar-refractivity contribution in [1.82, 2.24) is 25.5 Å². The van der Waals surface area contributed by atoms with Crippen LogP contribution in [0.2, 0.25) is 0 Å². The van der Waals surface area contributed by atoms with E-state index in [-0.39, 0.29) is 24.3 Å². The molecule has 1 N–H and O–H groups in total. The van der Waals surface area contributed by atoms with E-state index in [0.29, 0.717) is 35.3 Å². The topological polar surface area (TPSA) is 129 Å². The van der Waals surface area contributed by atoms with Crippen LogP contribution in [0.1, 0.15) is 50.2 Å². The first-order chi connectivity index (χ1) is 18.5. The zero-order valence-electron chi connectivity index (χ0n) is 21.4. The molecule has 198 valence electrons. The van der Waals surface area contributed by atoms with Crippen LogP contribution in [-0.2, 0) is 16.1 Å². The summed E-state index contributed by atoms with van der Waals surface area (Å²) >= 11 is 0. The molecule has 11 heteroatoms. The van der Waals surface area contributed by atoms with Crippen LogP contribution >= 0.6 is 0 Å². The van der Waals surface area contributed by atoms with E-state index in [2.05, 4.69) is 20.7 Å². The Kier molecular flexibility index (Phi) is 7.52. The second-order valence-corrected chi connectivity index (χ2v) is 9.15. The molecule has 1 aromatic carbocycles. The first kappa shape index (κ1) is 25.2. The zero-order chi connectivity index (χ0) is 26.5. The number of carbonyl (C=O) groups is 2. The number of nitrogens with zero attached hydrogens (tertiary/aromatic N) is 5. The molecule has 1 aliphatic carbocycles. The number of amides is 2. The molecule has 0 bridgehead atoms. The van der Waals surface area contributed by atoms with Gasteiger partial charge in [0.2, 0.25) is 5.82 Å². The third-order valence-corrected chi connectivity index (χ3v) is 6.41. The minimum absolute atomic E-state index is 0.0635. The normalized spacial score (nSPS) is 14.4. The predicted octanol–water partition coefficient (Wildman–Crippen LogP) is 4.07. The summed E-state index contributed by atoms with van der Waals surface area (Å²) in [4.78, 5) is 30.2. The number of hydrogen-bond donors (Lipinski definition) is 1. The van der Waals surface area contributed by atoms with Crippen molar-refractivity contribution in [2.75, 3.05) is 11.5 Å². The number of rotatable bonds is 10. The van der Waals surface area contributed by atoms with Crippen LogP contribution in [0.25, 0.3) is 11.6 Å². The molecule has 1 fully saturated rings. The van der Waals surface area contributed by atoms with Crippen molar-refractivity contribution in [2.45, 2.75) is 58.2 Å². The molecular formula is C27H30N6O5. The molecular weight excluding hydrogens is 488 g/mol. The first-order valence-corrected chi connectivity index (χ1v) is 12.7. The number of nitrogens with one attached hydrogen (secondary N) is 1. The minimum Gasteiger partial charge on any atom is -0.494 e. The lowest BCUT2D eigenvalue weighted by Crippen LogP contribution is -2.47. The van der Waals surface area contributed by atoms with E-state index in [4.69, 9.17) is 13.6 Å². The second kappa shape index (κ2) is 11.3. The molecule has 1 saturated carbocycles. The van der Waals surface area contributed by atoms with Gasteiger partial charge in [0.25, 0.3) is 11.8 Å². The van der Waals surface area contributed by atoms with Gasteiger partial charge in [-0.3, -0.25) is 14.5 Å². The molecule has 0 radical (unpaired) electrons. The lowest BCUT2D eigenvalue weighted by molar-refractivity contribution is -0.128.